The van der Waals surface area contributed by atoms with E-state index in [-0.39, 0.29) is 24.8 Å². The molecule has 0 aromatic heterocycles. The molecule has 0 saturated carbocycles. The van der Waals surface area contributed by atoms with Gasteiger partial charge in [-0.3, -0.25) is 0 Å². The van der Waals surface area contributed by atoms with Gasteiger partial charge < -0.3 is 43.0 Å². The van der Waals surface area contributed by atoms with Crippen molar-refractivity contribution in [3.8, 4) is 17.2 Å². The van der Waals surface area contributed by atoms with Crippen LogP contribution in [0.4, 0.5) is 0 Å². The maximum Gasteiger partial charge on any atom is 0.196 e. The SMILES string of the molecule is CC(C)OCCOCCOCCOC(C)C.CCC(C)c1ccc(C)cc1.CCC(C)c1ccc(C)cc1.CCC(C)c1ccc(O)cc1.CCOC(C)Oc1ccc(C(C)CC)cc1.CCOC(C)Oc1ccc(C(C)CC)cc1. The van der Waals surface area contributed by atoms with E-state index >= 15 is 0 Å². The van der Waals surface area contributed by atoms with Crippen molar-refractivity contribution in [2.75, 3.05) is 52.9 Å². The maximum absolute atomic E-state index is 9.01. The highest BCUT2D eigenvalue weighted by Gasteiger charge is 2.08. The molecule has 0 bridgehead atoms. The van der Waals surface area contributed by atoms with Crippen LogP contribution in [0.15, 0.2) is 121 Å². The molecule has 7 atom stereocenters. The number of benzene rings is 5. The van der Waals surface area contributed by atoms with Crippen LogP contribution in [0.25, 0.3) is 0 Å². The van der Waals surface area contributed by atoms with E-state index in [1.165, 1.54) is 51.8 Å². The lowest BCUT2D eigenvalue weighted by molar-refractivity contribution is -0.0616. The zero-order valence-electron chi connectivity index (χ0n) is 54.6. The molecule has 0 aliphatic rings. The van der Waals surface area contributed by atoms with Crippen molar-refractivity contribution in [3.05, 3.63) is 160 Å². The fourth-order valence-electron chi connectivity index (χ4n) is 7.45. The second-order valence-corrected chi connectivity index (χ2v) is 21.4. The van der Waals surface area contributed by atoms with Crippen molar-refractivity contribution in [1.29, 1.82) is 0 Å². The molecule has 0 amide bonds. The summed E-state index contributed by atoms with van der Waals surface area (Å²) in [5.41, 5.74) is 9.62. The first-order valence-corrected chi connectivity index (χ1v) is 30.7. The molecule has 0 fully saturated rings. The molecule has 9 nitrogen and oxygen atoms in total. The molecule has 458 valence electrons. The highest BCUT2D eigenvalue weighted by molar-refractivity contribution is 5.31. The van der Waals surface area contributed by atoms with Crippen molar-refractivity contribution in [1.82, 2.24) is 0 Å². The Bertz CT molecular complexity index is 1950. The number of aryl methyl sites for hydroxylation is 2. The number of hydrogen-bond acceptors (Lipinski definition) is 9. The zero-order chi connectivity index (χ0) is 61.0. The first-order chi connectivity index (χ1) is 38.7. The molecule has 1 N–H and O–H groups in total. The quantitative estimate of drug-likeness (QED) is 0.0371. The minimum Gasteiger partial charge on any atom is -0.508 e. The average Bonchev–Trinajstić information content (AvgIpc) is 3.46. The lowest BCUT2D eigenvalue weighted by Gasteiger charge is -2.15. The van der Waals surface area contributed by atoms with Gasteiger partial charge in [-0.25, -0.2) is 0 Å². The first-order valence-electron chi connectivity index (χ1n) is 30.7. The van der Waals surface area contributed by atoms with Crippen LogP contribution in [0.3, 0.4) is 0 Å². The summed E-state index contributed by atoms with van der Waals surface area (Å²) in [6.45, 7) is 47.4. The summed E-state index contributed by atoms with van der Waals surface area (Å²) in [6.07, 6.45) is 6.10. The van der Waals surface area contributed by atoms with Crippen LogP contribution in [-0.2, 0) is 28.4 Å². The van der Waals surface area contributed by atoms with E-state index < -0.39 is 0 Å². The highest BCUT2D eigenvalue weighted by atomic mass is 16.7. The molecule has 0 heterocycles. The number of phenols is 1. The summed E-state index contributed by atoms with van der Waals surface area (Å²) in [5, 5.41) is 9.01. The molecule has 0 aliphatic heterocycles. The normalized spacial score (nSPS) is 13.3. The Kier molecular flexibility index (Phi) is 44.9. The number of ether oxygens (including phenoxy) is 8. The molecule has 5 aromatic rings. The van der Waals surface area contributed by atoms with Crippen LogP contribution >= 0.6 is 0 Å². The van der Waals surface area contributed by atoms with E-state index in [1.54, 1.807) is 12.1 Å². The predicted molar refractivity (Wildman–Crippen MR) is 344 cm³/mol. The maximum atomic E-state index is 9.01. The van der Waals surface area contributed by atoms with E-state index in [4.69, 9.17) is 43.0 Å². The number of aromatic hydroxyl groups is 1. The Morgan fingerprint density at radius 1 is 0.309 bits per heavy atom. The lowest BCUT2D eigenvalue weighted by Crippen LogP contribution is -2.15. The molecule has 9 heteroatoms. The molecule has 0 aliphatic carbocycles. The molecule has 5 rings (SSSR count). The largest absolute Gasteiger partial charge is 0.508 e. The Labute approximate surface area is 496 Å². The van der Waals surface area contributed by atoms with Crippen LogP contribution in [0.1, 0.15) is 225 Å². The number of phenolic OH excluding ortho intramolecular Hbond substituents is 1. The third-order valence-electron chi connectivity index (χ3n) is 13.9. The van der Waals surface area contributed by atoms with Crippen LogP contribution in [-0.4, -0.2) is 82.7 Å². The molecule has 7 unspecified atom stereocenters. The second kappa shape index (κ2) is 47.7. The van der Waals surface area contributed by atoms with Crippen LogP contribution in [0, 0.1) is 13.8 Å². The van der Waals surface area contributed by atoms with Gasteiger partial charge in [-0.05, 0) is 195 Å². The Morgan fingerprint density at radius 2 is 0.543 bits per heavy atom. The fourth-order valence-corrected chi connectivity index (χ4v) is 7.45. The Hall–Kier alpha value is -4.74. The topological polar surface area (TPSA) is 94.1 Å². The van der Waals surface area contributed by atoms with E-state index in [1.807, 2.05) is 91.8 Å². The monoisotopic (exact) mass is 1120 g/mol. The van der Waals surface area contributed by atoms with Crippen molar-refractivity contribution in [3.63, 3.8) is 0 Å². The smallest absolute Gasteiger partial charge is 0.196 e. The van der Waals surface area contributed by atoms with E-state index in [0.717, 1.165) is 30.8 Å². The summed E-state index contributed by atoms with van der Waals surface area (Å²) < 4.78 is 43.1. The van der Waals surface area contributed by atoms with Crippen molar-refractivity contribution in [2.24, 2.45) is 0 Å². The van der Waals surface area contributed by atoms with E-state index in [2.05, 4.69) is 156 Å². The fraction of sp³-hybridized carbons (Fsp3) is 0.583. The number of rotatable bonds is 29. The standard InChI is InChI=1S/2C14H22O2.C12H26O4.2C11H16.C10H14O/c2*1-5-11(3)13-7-9-14(10-8-13)16-12(4)15-6-2;1-11(2)15-9-7-13-5-6-14-8-10-16-12(3)4;2*1-4-10(3)11-7-5-9(2)6-8-11;1-3-8(2)9-4-6-10(11)7-5-9/h2*7-12H,5-6H2,1-4H3;11-12H,5-10H2,1-4H3;2*5-8,10H,4H2,1-3H3;4-8,11H,3H2,1-2H3. The average molecular weight is 1130 g/mol. The van der Waals surface area contributed by atoms with Gasteiger partial charge in [0, 0.05) is 13.2 Å². The van der Waals surface area contributed by atoms with E-state index in [9.17, 15) is 0 Å². The predicted octanol–water partition coefficient (Wildman–Crippen LogP) is 19.7. The molecule has 81 heavy (non-hydrogen) atoms. The lowest BCUT2D eigenvalue weighted by atomic mass is 9.98. The molecule has 0 radical (unpaired) electrons. The zero-order valence-corrected chi connectivity index (χ0v) is 54.6. The molecule has 0 spiro atoms. The van der Waals surface area contributed by atoms with Gasteiger partial charge >= 0.3 is 0 Å². The van der Waals surface area contributed by atoms with Crippen LogP contribution < -0.4 is 9.47 Å². The molecule has 5 aromatic carbocycles. The second-order valence-electron chi connectivity index (χ2n) is 21.4. The van der Waals surface area contributed by atoms with Crippen LogP contribution in [0.2, 0.25) is 0 Å². The van der Waals surface area contributed by atoms with Gasteiger partial charge in [0.1, 0.15) is 17.2 Å². The van der Waals surface area contributed by atoms with Crippen molar-refractivity contribution >= 4 is 0 Å². The van der Waals surface area contributed by atoms with Gasteiger partial charge in [0.25, 0.3) is 0 Å². The van der Waals surface area contributed by atoms with Gasteiger partial charge in [-0.15, -0.1) is 0 Å². The van der Waals surface area contributed by atoms with Crippen molar-refractivity contribution < 1.29 is 43.0 Å². The van der Waals surface area contributed by atoms with Gasteiger partial charge in [-0.2, -0.15) is 0 Å². The van der Waals surface area contributed by atoms with Gasteiger partial charge in [0.15, 0.2) is 12.6 Å². The summed E-state index contributed by atoms with van der Waals surface area (Å²) >= 11 is 0. The third-order valence-corrected chi connectivity index (χ3v) is 13.9. The summed E-state index contributed by atoms with van der Waals surface area (Å²) in [5.74, 6) is 5.30. The summed E-state index contributed by atoms with van der Waals surface area (Å²) in [7, 11) is 0. The highest BCUT2D eigenvalue weighted by Crippen LogP contribution is 2.25. The first kappa shape index (κ1) is 76.3. The van der Waals surface area contributed by atoms with Crippen molar-refractivity contribution in [2.45, 2.75) is 225 Å². The minimum atomic E-state index is -0.181. The Balaban J connectivity index is 0.000000956. The van der Waals surface area contributed by atoms with Gasteiger partial charge in [0.05, 0.1) is 51.8 Å². The van der Waals surface area contributed by atoms with Gasteiger partial charge in [-0.1, -0.05) is 165 Å². The minimum absolute atomic E-state index is 0.181. The number of hydrogen-bond donors (Lipinski definition) is 1. The van der Waals surface area contributed by atoms with Gasteiger partial charge in [0.2, 0.25) is 0 Å². The molecular weight excluding hydrogens is 1010 g/mol. The molecule has 0 saturated heterocycles. The molecular formula is C72H116O9. The van der Waals surface area contributed by atoms with E-state index in [0.29, 0.717) is 88.2 Å². The Morgan fingerprint density at radius 3 is 0.778 bits per heavy atom. The summed E-state index contributed by atoms with van der Waals surface area (Å²) in [6, 6.07) is 41.6. The summed E-state index contributed by atoms with van der Waals surface area (Å²) in [4.78, 5) is 0. The van der Waals surface area contributed by atoms with Crippen LogP contribution in [0.5, 0.6) is 17.2 Å². The third kappa shape index (κ3) is 38.6.